The molecule has 0 amide bonds. The Bertz CT molecular complexity index is 718. The Labute approximate surface area is 156 Å². The Morgan fingerprint density at radius 3 is 2.00 bits per heavy atom. The van der Waals surface area contributed by atoms with Crippen LogP contribution in [0.2, 0.25) is 0 Å². The second-order valence-corrected chi connectivity index (χ2v) is 8.03. The second-order valence-electron chi connectivity index (χ2n) is 8.03. The van der Waals surface area contributed by atoms with Crippen LogP contribution < -0.4 is 9.47 Å². The first-order valence-corrected chi connectivity index (χ1v) is 9.52. The summed E-state index contributed by atoms with van der Waals surface area (Å²) >= 11 is 0. The summed E-state index contributed by atoms with van der Waals surface area (Å²) in [4.78, 5) is 12.3. The maximum absolute atomic E-state index is 12.3. The highest BCUT2D eigenvalue weighted by molar-refractivity contribution is 5.91. The summed E-state index contributed by atoms with van der Waals surface area (Å²) in [6.45, 7) is 5.98. The Balaban J connectivity index is 1.60. The number of esters is 1. The molecule has 2 aromatic rings. The van der Waals surface area contributed by atoms with E-state index in [1.165, 1.54) is 37.7 Å². The van der Waals surface area contributed by atoms with Gasteiger partial charge in [-0.15, -0.1) is 0 Å². The van der Waals surface area contributed by atoms with Gasteiger partial charge in [0.2, 0.25) is 0 Å². The van der Waals surface area contributed by atoms with Crippen molar-refractivity contribution < 1.29 is 14.3 Å². The summed E-state index contributed by atoms with van der Waals surface area (Å²) in [5.41, 5.74) is 1.61. The molecule has 1 fully saturated rings. The molecular formula is C23H28O3. The Hall–Kier alpha value is -2.29. The first-order chi connectivity index (χ1) is 12.4. The summed E-state index contributed by atoms with van der Waals surface area (Å²) in [6, 6.07) is 15.1. The van der Waals surface area contributed by atoms with Crippen molar-refractivity contribution in [3.63, 3.8) is 0 Å². The minimum Gasteiger partial charge on any atom is -0.488 e. The molecule has 138 valence electrons. The van der Waals surface area contributed by atoms with Crippen molar-refractivity contribution in [2.24, 2.45) is 0 Å². The minimum absolute atomic E-state index is 0.262. The topological polar surface area (TPSA) is 35.5 Å². The smallest absolute Gasteiger partial charge is 0.343 e. The summed E-state index contributed by atoms with van der Waals surface area (Å²) < 4.78 is 11.3. The molecule has 0 spiro atoms. The number of benzene rings is 2. The van der Waals surface area contributed by atoms with Gasteiger partial charge in [-0.3, -0.25) is 0 Å². The summed E-state index contributed by atoms with van der Waals surface area (Å²) in [7, 11) is 0. The fourth-order valence-corrected chi connectivity index (χ4v) is 3.42. The van der Waals surface area contributed by atoms with E-state index in [9.17, 15) is 4.79 Å². The molecule has 0 bridgehead atoms. The molecule has 0 unspecified atom stereocenters. The second kappa shape index (κ2) is 7.94. The average Bonchev–Trinajstić information content (AvgIpc) is 2.62. The van der Waals surface area contributed by atoms with Gasteiger partial charge in [0.1, 0.15) is 17.1 Å². The van der Waals surface area contributed by atoms with Gasteiger partial charge < -0.3 is 9.47 Å². The van der Waals surface area contributed by atoms with Gasteiger partial charge in [-0.05, 0) is 81.5 Å². The predicted molar refractivity (Wildman–Crippen MR) is 104 cm³/mol. The molecule has 2 aromatic carbocycles. The molecule has 1 aliphatic carbocycles. The van der Waals surface area contributed by atoms with Crippen molar-refractivity contribution in [3.05, 3.63) is 59.7 Å². The van der Waals surface area contributed by atoms with Crippen molar-refractivity contribution in [2.75, 3.05) is 0 Å². The van der Waals surface area contributed by atoms with E-state index in [0.717, 1.165) is 5.75 Å². The number of rotatable bonds is 4. The van der Waals surface area contributed by atoms with Crippen LogP contribution in [-0.2, 0) is 0 Å². The molecule has 0 atom stereocenters. The molecule has 3 nitrogen and oxygen atoms in total. The van der Waals surface area contributed by atoms with E-state index in [1.54, 1.807) is 24.3 Å². The van der Waals surface area contributed by atoms with E-state index in [1.807, 2.05) is 32.9 Å². The van der Waals surface area contributed by atoms with E-state index in [-0.39, 0.29) is 11.6 Å². The first kappa shape index (κ1) is 18.5. The van der Waals surface area contributed by atoms with Crippen LogP contribution in [0.3, 0.4) is 0 Å². The summed E-state index contributed by atoms with van der Waals surface area (Å²) in [5.74, 6) is 1.64. The molecule has 3 rings (SSSR count). The summed E-state index contributed by atoms with van der Waals surface area (Å²) in [5, 5.41) is 0. The highest BCUT2D eigenvalue weighted by atomic mass is 16.5. The average molecular weight is 352 g/mol. The molecule has 0 aromatic heterocycles. The lowest BCUT2D eigenvalue weighted by Crippen LogP contribution is -2.22. The molecule has 0 radical (unpaired) electrons. The monoisotopic (exact) mass is 352 g/mol. The van der Waals surface area contributed by atoms with Gasteiger partial charge in [-0.1, -0.05) is 31.4 Å². The van der Waals surface area contributed by atoms with Gasteiger partial charge in [0.25, 0.3) is 0 Å². The maximum Gasteiger partial charge on any atom is 0.343 e. The molecule has 0 N–H and O–H groups in total. The van der Waals surface area contributed by atoms with Crippen LogP contribution in [0.4, 0.5) is 0 Å². The van der Waals surface area contributed by atoms with Crippen LogP contribution in [-0.4, -0.2) is 11.6 Å². The number of hydrogen-bond acceptors (Lipinski definition) is 3. The molecule has 0 heterocycles. The van der Waals surface area contributed by atoms with Crippen molar-refractivity contribution in [1.82, 2.24) is 0 Å². The fraction of sp³-hybridized carbons (Fsp3) is 0.435. The quantitative estimate of drug-likeness (QED) is 0.490. The van der Waals surface area contributed by atoms with Gasteiger partial charge in [0.05, 0.1) is 5.56 Å². The lowest BCUT2D eigenvalue weighted by molar-refractivity contribution is 0.0734. The number of carbonyl (C=O) groups excluding carboxylic acids is 1. The van der Waals surface area contributed by atoms with Crippen molar-refractivity contribution in [3.8, 4) is 11.5 Å². The Morgan fingerprint density at radius 1 is 0.846 bits per heavy atom. The highest BCUT2D eigenvalue weighted by Gasteiger charge is 2.16. The third-order valence-electron chi connectivity index (χ3n) is 4.68. The fourth-order valence-electron chi connectivity index (χ4n) is 3.42. The molecular weight excluding hydrogens is 324 g/mol. The van der Waals surface area contributed by atoms with Crippen LogP contribution in [0.15, 0.2) is 48.5 Å². The van der Waals surface area contributed by atoms with Gasteiger partial charge in [0.15, 0.2) is 0 Å². The van der Waals surface area contributed by atoms with Crippen LogP contribution in [0, 0.1) is 0 Å². The van der Waals surface area contributed by atoms with Crippen LogP contribution in [0.25, 0.3) is 0 Å². The number of hydrogen-bond donors (Lipinski definition) is 0. The van der Waals surface area contributed by atoms with Crippen LogP contribution in [0.5, 0.6) is 11.5 Å². The lowest BCUT2D eigenvalue weighted by Gasteiger charge is -2.22. The van der Waals surface area contributed by atoms with Crippen molar-refractivity contribution in [2.45, 2.75) is 64.4 Å². The van der Waals surface area contributed by atoms with Crippen molar-refractivity contribution >= 4 is 5.97 Å². The van der Waals surface area contributed by atoms with E-state index < -0.39 is 0 Å². The van der Waals surface area contributed by atoms with Crippen LogP contribution >= 0.6 is 0 Å². The number of carbonyl (C=O) groups is 1. The largest absolute Gasteiger partial charge is 0.488 e. The van der Waals surface area contributed by atoms with Gasteiger partial charge in [-0.25, -0.2) is 4.79 Å². The zero-order valence-electron chi connectivity index (χ0n) is 16.0. The van der Waals surface area contributed by atoms with E-state index in [2.05, 4.69) is 12.1 Å². The number of ether oxygens (including phenoxy) is 2. The van der Waals surface area contributed by atoms with E-state index in [4.69, 9.17) is 9.47 Å². The van der Waals surface area contributed by atoms with Gasteiger partial charge >= 0.3 is 5.97 Å². The third kappa shape index (κ3) is 5.10. The molecule has 1 aliphatic rings. The predicted octanol–water partition coefficient (Wildman–Crippen LogP) is 6.13. The zero-order chi connectivity index (χ0) is 18.6. The molecule has 26 heavy (non-hydrogen) atoms. The van der Waals surface area contributed by atoms with Crippen LogP contribution in [0.1, 0.15) is 74.7 Å². The molecule has 1 saturated carbocycles. The summed E-state index contributed by atoms with van der Waals surface area (Å²) in [6.07, 6.45) is 6.52. The standard InChI is InChI=1S/C23H28O3/c1-23(2,3)26-21-15-11-19(12-16-21)22(24)25-20-13-9-18(10-14-20)17-7-5-4-6-8-17/h9-17H,4-8H2,1-3H3. The molecule has 0 saturated heterocycles. The minimum atomic E-state index is -0.349. The third-order valence-corrected chi connectivity index (χ3v) is 4.68. The SMILES string of the molecule is CC(C)(C)Oc1ccc(C(=O)Oc2ccc(C3CCCCC3)cc2)cc1. The maximum atomic E-state index is 12.3. The van der Waals surface area contributed by atoms with Gasteiger partial charge in [0, 0.05) is 0 Å². The molecule has 3 heteroatoms. The lowest BCUT2D eigenvalue weighted by atomic mass is 9.84. The van der Waals surface area contributed by atoms with Crippen molar-refractivity contribution in [1.29, 1.82) is 0 Å². The normalized spacial score (nSPS) is 15.5. The molecule has 0 aliphatic heterocycles. The Kier molecular flexibility index (Phi) is 5.65. The first-order valence-electron chi connectivity index (χ1n) is 9.52. The van der Waals surface area contributed by atoms with Gasteiger partial charge in [-0.2, -0.15) is 0 Å². The highest BCUT2D eigenvalue weighted by Crippen LogP contribution is 2.33. The Morgan fingerprint density at radius 2 is 1.42 bits per heavy atom. The van der Waals surface area contributed by atoms with E-state index >= 15 is 0 Å². The zero-order valence-corrected chi connectivity index (χ0v) is 16.0. The van der Waals surface area contributed by atoms with E-state index in [0.29, 0.717) is 17.2 Å².